The van der Waals surface area contributed by atoms with E-state index in [2.05, 4.69) is 22.2 Å². The molecule has 0 bridgehead atoms. The molecule has 0 saturated carbocycles. The first-order chi connectivity index (χ1) is 8.70. The molecule has 0 fully saturated rings. The molecule has 0 aliphatic carbocycles. The van der Waals surface area contributed by atoms with Crippen molar-refractivity contribution in [2.45, 2.75) is 25.9 Å². The van der Waals surface area contributed by atoms with Gasteiger partial charge in [0.05, 0.1) is 6.04 Å². The van der Waals surface area contributed by atoms with Crippen LogP contribution in [0.4, 0.5) is 4.39 Å². The molecule has 2 N–H and O–H groups in total. The normalized spacial score (nSPS) is 12.6. The van der Waals surface area contributed by atoms with Crippen molar-refractivity contribution in [1.82, 2.24) is 15.3 Å². The second-order valence-electron chi connectivity index (χ2n) is 4.05. The van der Waals surface area contributed by atoms with Crippen molar-refractivity contribution < 1.29 is 4.39 Å². The molecule has 1 aromatic heterocycles. The van der Waals surface area contributed by atoms with Gasteiger partial charge in [0, 0.05) is 24.0 Å². The van der Waals surface area contributed by atoms with Crippen LogP contribution in [0.5, 0.6) is 0 Å². The highest BCUT2D eigenvalue weighted by molar-refractivity contribution is 6.31. The predicted octanol–water partition coefficient (Wildman–Crippen LogP) is 3.44. The number of benzene rings is 1. The Bertz CT molecular complexity index is 499. The van der Waals surface area contributed by atoms with E-state index in [-0.39, 0.29) is 11.9 Å². The molecule has 1 unspecified atom stereocenters. The molecule has 2 aromatic rings. The second-order valence-corrected chi connectivity index (χ2v) is 4.46. The molecule has 1 heterocycles. The van der Waals surface area contributed by atoms with Gasteiger partial charge in [0.25, 0.3) is 0 Å². The molecule has 2 rings (SSSR count). The van der Waals surface area contributed by atoms with Crippen LogP contribution in [0.15, 0.2) is 30.6 Å². The molecule has 1 aromatic carbocycles. The topological polar surface area (TPSA) is 40.7 Å². The zero-order valence-corrected chi connectivity index (χ0v) is 10.8. The minimum atomic E-state index is -0.318. The van der Waals surface area contributed by atoms with Gasteiger partial charge in [-0.1, -0.05) is 24.6 Å². The molecule has 18 heavy (non-hydrogen) atoms. The van der Waals surface area contributed by atoms with Crippen molar-refractivity contribution in [3.63, 3.8) is 0 Å². The third-order valence-electron chi connectivity index (χ3n) is 2.81. The van der Waals surface area contributed by atoms with E-state index in [1.54, 1.807) is 18.5 Å². The molecular weight excluding hydrogens is 253 g/mol. The summed E-state index contributed by atoms with van der Waals surface area (Å²) in [6.45, 7) is 2.66. The largest absolute Gasteiger partial charge is 0.347 e. The van der Waals surface area contributed by atoms with Crippen LogP contribution in [0, 0.1) is 5.82 Å². The molecule has 0 aliphatic heterocycles. The summed E-state index contributed by atoms with van der Waals surface area (Å²) in [5, 5.41) is 3.79. The van der Waals surface area contributed by atoms with E-state index in [1.807, 2.05) is 0 Å². The van der Waals surface area contributed by atoms with Crippen LogP contribution in [0.25, 0.3) is 0 Å². The minimum absolute atomic E-state index is 0.140. The summed E-state index contributed by atoms with van der Waals surface area (Å²) in [5.41, 5.74) is 0.878. The van der Waals surface area contributed by atoms with Crippen molar-refractivity contribution in [3.8, 4) is 0 Å². The zero-order chi connectivity index (χ0) is 13.0. The van der Waals surface area contributed by atoms with E-state index in [1.165, 1.54) is 12.1 Å². The van der Waals surface area contributed by atoms with Crippen molar-refractivity contribution in [3.05, 3.63) is 52.8 Å². The van der Waals surface area contributed by atoms with Crippen molar-refractivity contribution in [1.29, 1.82) is 0 Å². The Morgan fingerprint density at radius 2 is 2.33 bits per heavy atom. The summed E-state index contributed by atoms with van der Waals surface area (Å²) in [6, 6.07) is 4.57. The molecule has 0 spiro atoms. The Balaban J connectivity index is 2.02. The molecule has 0 saturated heterocycles. The fourth-order valence-corrected chi connectivity index (χ4v) is 2.03. The van der Waals surface area contributed by atoms with Crippen LogP contribution in [-0.2, 0) is 6.54 Å². The summed E-state index contributed by atoms with van der Waals surface area (Å²) in [6.07, 6.45) is 4.43. The van der Waals surface area contributed by atoms with Gasteiger partial charge in [-0.2, -0.15) is 0 Å². The molecule has 96 valence electrons. The quantitative estimate of drug-likeness (QED) is 0.871. The fraction of sp³-hybridized carbons (Fsp3) is 0.308. The number of aromatic amines is 1. The highest BCUT2D eigenvalue weighted by Crippen LogP contribution is 2.19. The average Bonchev–Trinajstić information content (AvgIpc) is 2.86. The fourth-order valence-electron chi connectivity index (χ4n) is 1.80. The lowest BCUT2D eigenvalue weighted by Crippen LogP contribution is -2.21. The lowest BCUT2D eigenvalue weighted by Gasteiger charge is -2.15. The highest BCUT2D eigenvalue weighted by atomic mass is 35.5. The van der Waals surface area contributed by atoms with Gasteiger partial charge in [-0.25, -0.2) is 9.37 Å². The highest BCUT2D eigenvalue weighted by Gasteiger charge is 2.11. The van der Waals surface area contributed by atoms with Crippen LogP contribution in [0.1, 0.15) is 30.8 Å². The number of imidazole rings is 1. The first-order valence-electron chi connectivity index (χ1n) is 5.87. The Labute approximate surface area is 110 Å². The van der Waals surface area contributed by atoms with Crippen LogP contribution in [-0.4, -0.2) is 9.97 Å². The minimum Gasteiger partial charge on any atom is -0.347 e. The van der Waals surface area contributed by atoms with E-state index >= 15 is 0 Å². The third kappa shape index (κ3) is 3.09. The number of rotatable bonds is 5. The lowest BCUT2D eigenvalue weighted by molar-refractivity contribution is 0.497. The summed E-state index contributed by atoms with van der Waals surface area (Å²) in [5.74, 6) is 0.581. The standard InChI is InChI=1S/C13H15ClFN3/c1-2-12(13-16-5-6-17-13)18-8-9-3-4-10(15)7-11(9)14/h3-7,12,18H,2,8H2,1H3,(H,16,17). The van der Waals surface area contributed by atoms with E-state index < -0.39 is 0 Å². The van der Waals surface area contributed by atoms with Crippen molar-refractivity contribution in [2.24, 2.45) is 0 Å². The Morgan fingerprint density at radius 3 is 2.94 bits per heavy atom. The summed E-state index contributed by atoms with van der Waals surface area (Å²) in [7, 11) is 0. The number of nitrogens with zero attached hydrogens (tertiary/aromatic N) is 1. The summed E-state index contributed by atoms with van der Waals surface area (Å²) < 4.78 is 12.9. The molecular formula is C13H15ClFN3. The first kappa shape index (κ1) is 13.1. The van der Waals surface area contributed by atoms with E-state index in [0.717, 1.165) is 17.8 Å². The molecule has 0 aliphatic rings. The first-order valence-corrected chi connectivity index (χ1v) is 6.25. The van der Waals surface area contributed by atoms with E-state index in [9.17, 15) is 4.39 Å². The van der Waals surface area contributed by atoms with E-state index in [0.29, 0.717) is 11.6 Å². The summed E-state index contributed by atoms with van der Waals surface area (Å²) >= 11 is 5.98. The lowest BCUT2D eigenvalue weighted by atomic mass is 10.1. The monoisotopic (exact) mass is 267 g/mol. The van der Waals surface area contributed by atoms with Gasteiger partial charge < -0.3 is 10.3 Å². The van der Waals surface area contributed by atoms with Gasteiger partial charge in [0.2, 0.25) is 0 Å². The maximum absolute atomic E-state index is 12.9. The van der Waals surface area contributed by atoms with Gasteiger partial charge in [-0.05, 0) is 24.1 Å². The van der Waals surface area contributed by atoms with Gasteiger partial charge in [0.1, 0.15) is 11.6 Å². The number of H-pyrrole nitrogens is 1. The van der Waals surface area contributed by atoms with Gasteiger partial charge in [-0.15, -0.1) is 0 Å². The number of hydrogen-bond donors (Lipinski definition) is 2. The number of nitrogens with one attached hydrogen (secondary N) is 2. The second kappa shape index (κ2) is 5.98. The van der Waals surface area contributed by atoms with Crippen molar-refractivity contribution in [2.75, 3.05) is 0 Å². The average molecular weight is 268 g/mol. The molecule has 0 radical (unpaired) electrons. The number of halogens is 2. The molecule has 0 amide bonds. The Kier molecular flexibility index (Phi) is 4.33. The van der Waals surface area contributed by atoms with Crippen LogP contribution < -0.4 is 5.32 Å². The third-order valence-corrected chi connectivity index (χ3v) is 3.16. The summed E-state index contributed by atoms with van der Waals surface area (Å²) in [4.78, 5) is 7.31. The number of hydrogen-bond acceptors (Lipinski definition) is 2. The maximum atomic E-state index is 12.9. The van der Waals surface area contributed by atoms with Crippen LogP contribution in [0.3, 0.4) is 0 Å². The van der Waals surface area contributed by atoms with Crippen molar-refractivity contribution >= 4 is 11.6 Å². The van der Waals surface area contributed by atoms with E-state index in [4.69, 9.17) is 11.6 Å². The van der Waals surface area contributed by atoms with Gasteiger partial charge >= 0.3 is 0 Å². The van der Waals surface area contributed by atoms with Crippen LogP contribution in [0.2, 0.25) is 5.02 Å². The predicted molar refractivity (Wildman–Crippen MR) is 69.9 cm³/mol. The van der Waals surface area contributed by atoms with Crippen LogP contribution >= 0.6 is 11.6 Å². The molecule has 1 atom stereocenters. The smallest absolute Gasteiger partial charge is 0.124 e. The Morgan fingerprint density at radius 1 is 1.50 bits per heavy atom. The SMILES string of the molecule is CCC(NCc1ccc(F)cc1Cl)c1ncc[nH]1. The maximum Gasteiger partial charge on any atom is 0.124 e. The Hall–Kier alpha value is -1.39. The molecule has 3 nitrogen and oxygen atoms in total. The zero-order valence-electron chi connectivity index (χ0n) is 10.1. The number of aromatic nitrogens is 2. The molecule has 5 heteroatoms. The van der Waals surface area contributed by atoms with Gasteiger partial charge in [0.15, 0.2) is 0 Å². The van der Waals surface area contributed by atoms with Gasteiger partial charge in [-0.3, -0.25) is 0 Å².